The Morgan fingerprint density at radius 1 is 1.40 bits per heavy atom. The zero-order valence-electron chi connectivity index (χ0n) is 11.2. The lowest BCUT2D eigenvalue weighted by atomic mass is 10.1. The number of amides is 2. The molecule has 0 aliphatic carbocycles. The van der Waals surface area contributed by atoms with Gasteiger partial charge >= 0.3 is 0 Å². The monoisotopic (exact) mass is 299 g/mol. The van der Waals surface area contributed by atoms with Crippen LogP contribution >= 0.6 is 12.4 Å². The summed E-state index contributed by atoms with van der Waals surface area (Å²) in [6.45, 7) is 3.50. The van der Waals surface area contributed by atoms with Crippen molar-refractivity contribution < 1.29 is 14.3 Å². The van der Waals surface area contributed by atoms with Gasteiger partial charge in [-0.05, 0) is 18.2 Å². The van der Waals surface area contributed by atoms with Gasteiger partial charge in [-0.2, -0.15) is 0 Å². The molecule has 110 valence electrons. The predicted octanol–water partition coefficient (Wildman–Crippen LogP) is 0.665. The van der Waals surface area contributed by atoms with Crippen LogP contribution in [0.5, 0.6) is 5.75 Å². The number of hydrogen-bond donors (Lipinski definition) is 3. The number of benzene rings is 1. The SMILES string of the molecule is CC(=O)NCC(=O)Nc1ccc2c(c1)CNCCO2.Cl. The highest BCUT2D eigenvalue weighted by molar-refractivity contribution is 5.94. The molecule has 0 radical (unpaired) electrons. The maximum Gasteiger partial charge on any atom is 0.243 e. The Morgan fingerprint density at radius 2 is 2.20 bits per heavy atom. The van der Waals surface area contributed by atoms with Gasteiger partial charge in [0.1, 0.15) is 12.4 Å². The second-order valence-electron chi connectivity index (χ2n) is 4.31. The largest absolute Gasteiger partial charge is 0.492 e. The highest BCUT2D eigenvalue weighted by Gasteiger charge is 2.10. The van der Waals surface area contributed by atoms with Gasteiger partial charge in [-0.25, -0.2) is 0 Å². The molecule has 6 nitrogen and oxygen atoms in total. The molecule has 1 aromatic rings. The van der Waals surface area contributed by atoms with Gasteiger partial charge in [-0.1, -0.05) is 0 Å². The Kier molecular flexibility index (Phi) is 6.27. The third-order valence-corrected chi connectivity index (χ3v) is 2.69. The van der Waals surface area contributed by atoms with E-state index in [0.717, 1.165) is 17.9 Å². The van der Waals surface area contributed by atoms with Gasteiger partial charge in [0.25, 0.3) is 0 Å². The fourth-order valence-electron chi connectivity index (χ4n) is 1.80. The van der Waals surface area contributed by atoms with E-state index in [1.54, 1.807) is 6.07 Å². The van der Waals surface area contributed by atoms with Crippen LogP contribution in [0, 0.1) is 0 Å². The average molecular weight is 300 g/mol. The molecule has 2 amide bonds. The molecule has 1 heterocycles. The Morgan fingerprint density at radius 3 is 2.95 bits per heavy atom. The van der Waals surface area contributed by atoms with E-state index >= 15 is 0 Å². The molecule has 2 rings (SSSR count). The Balaban J connectivity index is 0.00000200. The van der Waals surface area contributed by atoms with Crippen molar-refractivity contribution in [1.82, 2.24) is 10.6 Å². The van der Waals surface area contributed by atoms with Crippen LogP contribution in [-0.2, 0) is 16.1 Å². The van der Waals surface area contributed by atoms with Gasteiger partial charge in [-0.15, -0.1) is 12.4 Å². The van der Waals surface area contributed by atoms with Crippen LogP contribution in [0.3, 0.4) is 0 Å². The molecular weight excluding hydrogens is 282 g/mol. The number of fused-ring (bicyclic) bond motifs is 1. The zero-order valence-corrected chi connectivity index (χ0v) is 12.0. The van der Waals surface area contributed by atoms with Crippen LogP contribution in [0.4, 0.5) is 5.69 Å². The lowest BCUT2D eigenvalue weighted by Gasteiger charge is -2.10. The predicted molar refractivity (Wildman–Crippen MR) is 78.2 cm³/mol. The summed E-state index contributed by atoms with van der Waals surface area (Å²) in [7, 11) is 0. The van der Waals surface area contributed by atoms with Crippen LogP contribution in [0.1, 0.15) is 12.5 Å². The molecular formula is C13H18ClN3O3. The third kappa shape index (κ3) is 4.71. The van der Waals surface area contributed by atoms with Crippen molar-refractivity contribution in [3.05, 3.63) is 23.8 Å². The van der Waals surface area contributed by atoms with E-state index in [4.69, 9.17) is 4.74 Å². The number of carbonyl (C=O) groups is 2. The molecule has 3 N–H and O–H groups in total. The summed E-state index contributed by atoms with van der Waals surface area (Å²) >= 11 is 0. The van der Waals surface area contributed by atoms with Crippen LogP contribution in [0.25, 0.3) is 0 Å². The van der Waals surface area contributed by atoms with Gasteiger partial charge in [0, 0.05) is 31.3 Å². The van der Waals surface area contributed by atoms with E-state index in [1.165, 1.54) is 6.92 Å². The average Bonchev–Trinajstić information content (AvgIpc) is 2.61. The smallest absolute Gasteiger partial charge is 0.243 e. The molecule has 7 heteroatoms. The molecule has 20 heavy (non-hydrogen) atoms. The molecule has 0 saturated heterocycles. The summed E-state index contributed by atoms with van der Waals surface area (Å²) in [5.41, 5.74) is 1.70. The summed E-state index contributed by atoms with van der Waals surface area (Å²) in [5, 5.41) is 8.41. The Labute approximate surface area is 123 Å². The number of hydrogen-bond acceptors (Lipinski definition) is 4. The zero-order chi connectivity index (χ0) is 13.7. The molecule has 0 atom stereocenters. The molecule has 0 fully saturated rings. The minimum absolute atomic E-state index is 0. The summed E-state index contributed by atoms with van der Waals surface area (Å²) in [5.74, 6) is 0.359. The van der Waals surface area contributed by atoms with E-state index in [1.807, 2.05) is 12.1 Å². The van der Waals surface area contributed by atoms with E-state index < -0.39 is 0 Å². The Bertz CT molecular complexity index is 494. The molecule has 0 unspecified atom stereocenters. The normalized spacial score (nSPS) is 13.1. The quantitative estimate of drug-likeness (QED) is 0.766. The van der Waals surface area contributed by atoms with Crippen molar-refractivity contribution in [2.24, 2.45) is 0 Å². The molecule has 1 aliphatic heterocycles. The fraction of sp³-hybridized carbons (Fsp3) is 0.385. The first-order chi connectivity index (χ1) is 9.15. The van der Waals surface area contributed by atoms with Crippen molar-refractivity contribution in [3.63, 3.8) is 0 Å². The van der Waals surface area contributed by atoms with Gasteiger partial charge in [0.15, 0.2) is 0 Å². The van der Waals surface area contributed by atoms with Crippen LogP contribution in [0.2, 0.25) is 0 Å². The molecule has 0 bridgehead atoms. The van der Waals surface area contributed by atoms with Gasteiger partial charge in [0.2, 0.25) is 11.8 Å². The molecule has 0 aromatic heterocycles. The summed E-state index contributed by atoms with van der Waals surface area (Å²) < 4.78 is 5.56. The van der Waals surface area contributed by atoms with Crippen molar-refractivity contribution >= 4 is 29.9 Å². The minimum atomic E-state index is -0.252. The first-order valence-corrected chi connectivity index (χ1v) is 6.16. The standard InChI is InChI=1S/C13H17N3O3.ClH/c1-9(17)15-8-13(18)16-11-2-3-12-10(6-11)7-14-4-5-19-12;/h2-3,6,14H,4-5,7-8H2,1H3,(H,15,17)(H,16,18);1H. The second kappa shape index (κ2) is 7.72. The van der Waals surface area contributed by atoms with E-state index in [-0.39, 0.29) is 30.8 Å². The third-order valence-electron chi connectivity index (χ3n) is 2.69. The van der Waals surface area contributed by atoms with Crippen molar-refractivity contribution in [1.29, 1.82) is 0 Å². The number of rotatable bonds is 3. The van der Waals surface area contributed by atoms with Gasteiger partial charge in [-0.3, -0.25) is 9.59 Å². The first kappa shape index (κ1) is 16.3. The summed E-state index contributed by atoms with van der Waals surface area (Å²) in [6.07, 6.45) is 0. The minimum Gasteiger partial charge on any atom is -0.492 e. The van der Waals surface area contributed by atoms with E-state index in [2.05, 4.69) is 16.0 Å². The lowest BCUT2D eigenvalue weighted by molar-refractivity contribution is -0.122. The first-order valence-electron chi connectivity index (χ1n) is 6.16. The van der Waals surface area contributed by atoms with Crippen LogP contribution in [0.15, 0.2) is 18.2 Å². The highest BCUT2D eigenvalue weighted by Crippen LogP contribution is 2.23. The van der Waals surface area contributed by atoms with Crippen LogP contribution in [-0.4, -0.2) is 31.5 Å². The second-order valence-corrected chi connectivity index (χ2v) is 4.31. The number of halogens is 1. The Hall–Kier alpha value is -1.79. The molecule has 0 spiro atoms. The maximum absolute atomic E-state index is 11.6. The lowest BCUT2D eigenvalue weighted by Crippen LogP contribution is -2.31. The molecule has 1 aromatic carbocycles. The van der Waals surface area contributed by atoms with Crippen LogP contribution < -0.4 is 20.7 Å². The number of nitrogens with one attached hydrogen (secondary N) is 3. The molecule has 0 saturated carbocycles. The van der Waals surface area contributed by atoms with Crippen molar-refractivity contribution in [2.45, 2.75) is 13.5 Å². The van der Waals surface area contributed by atoms with E-state index in [0.29, 0.717) is 18.8 Å². The number of anilines is 1. The van der Waals surface area contributed by atoms with E-state index in [9.17, 15) is 9.59 Å². The van der Waals surface area contributed by atoms with Gasteiger partial charge in [0.05, 0.1) is 6.54 Å². The van der Waals surface area contributed by atoms with Gasteiger partial charge < -0.3 is 20.7 Å². The maximum atomic E-state index is 11.6. The molecule has 1 aliphatic rings. The summed E-state index contributed by atoms with van der Waals surface area (Å²) in [6, 6.07) is 5.51. The highest BCUT2D eigenvalue weighted by atomic mass is 35.5. The number of carbonyl (C=O) groups excluding carboxylic acids is 2. The topological polar surface area (TPSA) is 79.5 Å². The summed E-state index contributed by atoms with van der Waals surface area (Å²) in [4.78, 5) is 22.3. The van der Waals surface area contributed by atoms with Crippen molar-refractivity contribution in [3.8, 4) is 5.75 Å². The fourth-order valence-corrected chi connectivity index (χ4v) is 1.80. The number of ether oxygens (including phenoxy) is 1. The van der Waals surface area contributed by atoms with Crippen molar-refractivity contribution in [2.75, 3.05) is 25.0 Å².